The zero-order chi connectivity index (χ0) is 19.7. The number of carbonyl (C=O) groups excluding carboxylic acids is 1. The fourth-order valence-corrected chi connectivity index (χ4v) is 3.78. The van der Waals surface area contributed by atoms with Crippen molar-refractivity contribution in [2.24, 2.45) is 0 Å². The van der Waals surface area contributed by atoms with E-state index in [1.165, 1.54) is 6.33 Å². The molecule has 2 heterocycles. The average Bonchev–Trinajstić information content (AvgIpc) is 3.14. The topological polar surface area (TPSA) is 71.8 Å². The lowest BCUT2D eigenvalue weighted by Crippen LogP contribution is -2.35. The van der Waals surface area contributed by atoms with E-state index in [4.69, 9.17) is 23.2 Å². The molecule has 1 aliphatic rings. The van der Waals surface area contributed by atoms with Crippen LogP contribution in [0.15, 0.2) is 66.1 Å². The van der Waals surface area contributed by atoms with Crippen molar-refractivity contribution in [2.45, 2.75) is 19.5 Å². The van der Waals surface area contributed by atoms with E-state index in [0.717, 1.165) is 11.1 Å². The van der Waals surface area contributed by atoms with Crippen molar-refractivity contribution in [3.63, 3.8) is 0 Å². The quantitative estimate of drug-likeness (QED) is 0.672. The summed E-state index contributed by atoms with van der Waals surface area (Å²) in [6.45, 7) is 2.26. The maximum absolute atomic E-state index is 13.1. The maximum atomic E-state index is 13.1. The molecule has 0 saturated heterocycles. The second-order valence-electron chi connectivity index (χ2n) is 6.43. The molecule has 2 aromatic carbocycles. The molecule has 2 N–H and O–H groups in total. The van der Waals surface area contributed by atoms with Crippen molar-refractivity contribution < 1.29 is 4.79 Å². The number of allylic oxidation sites excluding steroid dienone is 1. The zero-order valence-corrected chi connectivity index (χ0v) is 16.5. The summed E-state index contributed by atoms with van der Waals surface area (Å²) in [5.74, 6) is 0.346. The first-order valence-corrected chi connectivity index (χ1v) is 9.44. The summed E-state index contributed by atoms with van der Waals surface area (Å²) in [7, 11) is 0. The lowest BCUT2D eigenvalue weighted by molar-refractivity contribution is -0.118. The molecule has 1 aromatic heterocycles. The monoisotopic (exact) mass is 413 g/mol. The third-order valence-electron chi connectivity index (χ3n) is 4.59. The number of amides is 1. The van der Waals surface area contributed by atoms with Crippen LogP contribution in [0.1, 0.15) is 24.1 Å². The molecule has 0 spiro atoms. The second kappa shape index (κ2) is 7.66. The highest BCUT2D eigenvalue weighted by Gasteiger charge is 2.34. The highest BCUT2D eigenvalue weighted by molar-refractivity contribution is 6.35. The molecule has 3 aromatic rings. The number of anilines is 1. The van der Waals surface area contributed by atoms with Crippen molar-refractivity contribution >= 4 is 35.1 Å². The van der Waals surface area contributed by atoms with Gasteiger partial charge in [0.25, 0.3) is 5.91 Å². The number of hydrogen-bond donors (Lipinski definition) is 2. The molecule has 0 fully saturated rings. The van der Waals surface area contributed by atoms with E-state index in [1.807, 2.05) is 43.3 Å². The Labute approximate surface area is 172 Å². The standard InChI is InChI=1S/C20H17Cl2N5O/c1-12-17(19(28)23-10-13-5-3-2-4-6-13)18(27-20(26-12)24-11-25-27)15-8-7-14(21)9-16(15)22/h2-9,11,18H,10H2,1H3,(H,23,28)(H,24,25,26). The Kier molecular flexibility index (Phi) is 5.07. The van der Waals surface area contributed by atoms with Crippen LogP contribution in [0.5, 0.6) is 0 Å². The Bertz CT molecular complexity index is 1060. The van der Waals surface area contributed by atoms with Crippen LogP contribution in [-0.4, -0.2) is 20.7 Å². The van der Waals surface area contributed by atoms with Crippen LogP contribution >= 0.6 is 23.2 Å². The van der Waals surface area contributed by atoms with Gasteiger partial charge in [0.1, 0.15) is 12.4 Å². The fourth-order valence-electron chi connectivity index (χ4n) is 3.27. The molecule has 142 valence electrons. The molecule has 1 atom stereocenters. The lowest BCUT2D eigenvalue weighted by Gasteiger charge is -2.29. The van der Waals surface area contributed by atoms with Gasteiger partial charge in [-0.05, 0) is 24.6 Å². The van der Waals surface area contributed by atoms with Gasteiger partial charge in [-0.25, -0.2) is 4.68 Å². The predicted octanol–water partition coefficient (Wildman–Crippen LogP) is 4.19. The van der Waals surface area contributed by atoms with Crippen LogP contribution in [0, 0.1) is 0 Å². The molecule has 8 heteroatoms. The zero-order valence-electron chi connectivity index (χ0n) is 15.0. The van der Waals surface area contributed by atoms with E-state index >= 15 is 0 Å². The number of benzene rings is 2. The minimum absolute atomic E-state index is 0.203. The molecule has 0 radical (unpaired) electrons. The first-order chi connectivity index (χ1) is 13.5. The molecule has 1 unspecified atom stereocenters. The molecule has 6 nitrogen and oxygen atoms in total. The normalized spacial score (nSPS) is 15.8. The molecular formula is C20H17Cl2N5O. The van der Waals surface area contributed by atoms with Crippen molar-refractivity contribution in [3.05, 3.63) is 87.3 Å². The van der Waals surface area contributed by atoms with E-state index in [-0.39, 0.29) is 5.91 Å². The first kappa shape index (κ1) is 18.5. The van der Waals surface area contributed by atoms with E-state index in [9.17, 15) is 4.79 Å². The smallest absolute Gasteiger partial charge is 0.251 e. The van der Waals surface area contributed by atoms with Gasteiger partial charge in [-0.2, -0.15) is 10.1 Å². The van der Waals surface area contributed by atoms with E-state index in [1.54, 1.807) is 16.8 Å². The Morgan fingerprint density at radius 2 is 2.00 bits per heavy atom. The Balaban J connectivity index is 1.71. The van der Waals surface area contributed by atoms with Crippen LogP contribution in [-0.2, 0) is 11.3 Å². The number of rotatable bonds is 4. The number of hydrogen-bond acceptors (Lipinski definition) is 4. The minimum Gasteiger partial charge on any atom is -0.348 e. The first-order valence-electron chi connectivity index (χ1n) is 8.69. The molecule has 0 saturated carbocycles. The van der Waals surface area contributed by atoms with Gasteiger partial charge in [0.2, 0.25) is 5.95 Å². The number of halogens is 2. The van der Waals surface area contributed by atoms with Gasteiger partial charge in [0, 0.05) is 27.9 Å². The number of nitrogens with zero attached hydrogens (tertiary/aromatic N) is 3. The van der Waals surface area contributed by atoms with E-state index in [0.29, 0.717) is 33.8 Å². The number of aromatic nitrogens is 3. The predicted molar refractivity (Wildman–Crippen MR) is 109 cm³/mol. The van der Waals surface area contributed by atoms with Gasteiger partial charge in [0.15, 0.2) is 0 Å². The van der Waals surface area contributed by atoms with Gasteiger partial charge in [0.05, 0.1) is 5.57 Å². The Morgan fingerprint density at radius 1 is 1.21 bits per heavy atom. The van der Waals surface area contributed by atoms with Crippen LogP contribution in [0.2, 0.25) is 10.0 Å². The van der Waals surface area contributed by atoms with E-state index < -0.39 is 6.04 Å². The van der Waals surface area contributed by atoms with E-state index in [2.05, 4.69) is 20.7 Å². The Hall–Kier alpha value is -2.83. The van der Waals surface area contributed by atoms with Gasteiger partial charge >= 0.3 is 0 Å². The minimum atomic E-state index is -0.515. The van der Waals surface area contributed by atoms with Crippen molar-refractivity contribution in [3.8, 4) is 0 Å². The summed E-state index contributed by atoms with van der Waals surface area (Å²) in [5.41, 5.74) is 2.96. The molecule has 0 aliphatic carbocycles. The fraction of sp³-hybridized carbons (Fsp3) is 0.150. The van der Waals surface area contributed by atoms with Gasteiger partial charge < -0.3 is 10.6 Å². The van der Waals surface area contributed by atoms with Crippen molar-refractivity contribution in [2.75, 3.05) is 5.32 Å². The highest BCUT2D eigenvalue weighted by Crippen LogP contribution is 2.38. The Morgan fingerprint density at radius 3 is 2.75 bits per heavy atom. The second-order valence-corrected chi connectivity index (χ2v) is 7.27. The third-order valence-corrected chi connectivity index (χ3v) is 5.15. The summed E-state index contributed by atoms with van der Waals surface area (Å²) >= 11 is 12.5. The largest absolute Gasteiger partial charge is 0.348 e. The molecule has 1 aliphatic heterocycles. The molecule has 1 amide bonds. The maximum Gasteiger partial charge on any atom is 0.251 e. The lowest BCUT2D eigenvalue weighted by atomic mass is 9.95. The summed E-state index contributed by atoms with van der Waals surface area (Å²) in [6.07, 6.45) is 1.44. The SMILES string of the molecule is CC1=C(C(=O)NCc2ccccc2)C(c2ccc(Cl)cc2Cl)n2ncnc2N1. The van der Waals surface area contributed by atoms with Crippen LogP contribution in [0.25, 0.3) is 0 Å². The van der Waals surface area contributed by atoms with Gasteiger partial charge in [-0.1, -0.05) is 59.6 Å². The van der Waals surface area contributed by atoms with Gasteiger partial charge in [-0.15, -0.1) is 0 Å². The number of fused-ring (bicyclic) bond motifs is 1. The molecule has 4 rings (SSSR count). The number of nitrogens with one attached hydrogen (secondary N) is 2. The molecule has 28 heavy (non-hydrogen) atoms. The summed E-state index contributed by atoms with van der Waals surface area (Å²) < 4.78 is 1.65. The summed E-state index contributed by atoms with van der Waals surface area (Å²) in [4.78, 5) is 17.4. The third kappa shape index (κ3) is 3.48. The average molecular weight is 414 g/mol. The van der Waals surface area contributed by atoms with Crippen molar-refractivity contribution in [1.82, 2.24) is 20.1 Å². The van der Waals surface area contributed by atoms with Crippen LogP contribution < -0.4 is 10.6 Å². The molecular weight excluding hydrogens is 397 g/mol. The van der Waals surface area contributed by atoms with Crippen LogP contribution in [0.4, 0.5) is 5.95 Å². The molecule has 0 bridgehead atoms. The highest BCUT2D eigenvalue weighted by atomic mass is 35.5. The number of carbonyl (C=O) groups is 1. The van der Waals surface area contributed by atoms with Gasteiger partial charge in [-0.3, -0.25) is 4.79 Å². The van der Waals surface area contributed by atoms with Crippen molar-refractivity contribution in [1.29, 1.82) is 0 Å². The van der Waals surface area contributed by atoms with Crippen LogP contribution in [0.3, 0.4) is 0 Å². The summed E-state index contributed by atoms with van der Waals surface area (Å²) in [6, 6.07) is 14.4. The summed E-state index contributed by atoms with van der Waals surface area (Å²) in [5, 5.41) is 11.4.